The maximum Gasteiger partial charge on any atom is 0.306 e. The van der Waals surface area contributed by atoms with E-state index in [1.54, 1.807) is 0 Å². The van der Waals surface area contributed by atoms with Crippen LogP contribution < -0.4 is 0 Å². The molecule has 0 radical (unpaired) electrons. The van der Waals surface area contributed by atoms with Crippen LogP contribution in [-0.4, -0.2) is 57.4 Å². The fraction of sp³-hybridized carbons (Fsp3) is 0.833. The molecule has 1 aliphatic heterocycles. The molecule has 2 fully saturated rings. The summed E-state index contributed by atoms with van der Waals surface area (Å²) in [6, 6.07) is 0. The summed E-state index contributed by atoms with van der Waals surface area (Å²) in [7, 11) is 0. The summed E-state index contributed by atoms with van der Waals surface area (Å²) >= 11 is 0. The summed E-state index contributed by atoms with van der Waals surface area (Å²) in [4.78, 5) is 54.6. The Kier molecular flexibility index (Phi) is 5.36. The van der Waals surface area contributed by atoms with Gasteiger partial charge in [-0.2, -0.15) is 0 Å². The summed E-state index contributed by atoms with van der Waals surface area (Å²) in [6.45, 7) is 0.543. The zero-order valence-corrected chi connectivity index (χ0v) is 12.6. The van der Waals surface area contributed by atoms with E-state index in [1.807, 2.05) is 0 Å². The Morgan fingerprint density at radius 2 is 1.42 bits per heavy atom. The predicted octanol–water partition coefficient (Wildman–Crippen LogP) is -0.127. The largest absolute Gasteiger partial charge is 0.481 e. The molecule has 1 aliphatic carbocycles. The highest BCUT2D eigenvalue weighted by atomic mass is 17.0. The lowest BCUT2D eigenvalue weighted by molar-refractivity contribution is -0.797. The van der Waals surface area contributed by atoms with Crippen LogP contribution >= 0.6 is 0 Å². The van der Waals surface area contributed by atoms with Crippen molar-refractivity contribution in [1.29, 1.82) is 0 Å². The molecule has 0 aromatic carbocycles. The molecule has 2 aliphatic rings. The van der Waals surface area contributed by atoms with Crippen LogP contribution in [0.4, 0.5) is 0 Å². The highest BCUT2D eigenvalue weighted by molar-refractivity contribution is 5.80. The first kappa shape index (κ1) is 17.7. The van der Waals surface area contributed by atoms with E-state index in [4.69, 9.17) is 5.11 Å². The average Bonchev–Trinajstić information content (AvgIpc) is 2.88. The van der Waals surface area contributed by atoms with Crippen LogP contribution in [0, 0.1) is 32.1 Å². The number of carbonyl (C=O) groups excluding carboxylic acids is 1. The number of carboxylic acids is 1. The summed E-state index contributed by atoms with van der Waals surface area (Å²) < 4.78 is 0. The topological polar surface area (TPSA) is 162 Å². The van der Waals surface area contributed by atoms with E-state index in [0.717, 1.165) is 0 Å². The first-order valence-electron chi connectivity index (χ1n) is 7.41. The van der Waals surface area contributed by atoms with E-state index in [2.05, 4.69) is 9.68 Å². The molecule has 1 amide bonds. The molecule has 12 heteroatoms. The highest BCUT2D eigenvalue weighted by Gasteiger charge is 2.44. The zero-order valence-electron chi connectivity index (χ0n) is 12.6. The number of piperidine rings is 1. The Morgan fingerprint density at radius 1 is 0.958 bits per heavy atom. The average molecular weight is 347 g/mol. The van der Waals surface area contributed by atoms with Gasteiger partial charge in [-0.25, -0.2) is 0 Å². The van der Waals surface area contributed by atoms with Gasteiger partial charge in [-0.1, -0.05) is 0 Å². The van der Waals surface area contributed by atoms with Crippen molar-refractivity contribution in [2.75, 3.05) is 13.1 Å². The van der Waals surface area contributed by atoms with Crippen LogP contribution in [0.2, 0.25) is 0 Å². The lowest BCUT2D eigenvalue weighted by Gasteiger charge is -2.32. The molecule has 0 aromatic heterocycles. The fourth-order valence-corrected chi connectivity index (χ4v) is 3.21. The number of hydrogen-bond donors (Lipinski definition) is 1. The number of aliphatic carboxylic acids is 1. The normalized spacial score (nSPS) is 27.5. The van der Waals surface area contributed by atoms with Crippen LogP contribution in [0.15, 0.2) is 0 Å². The lowest BCUT2D eigenvalue weighted by Crippen LogP contribution is -2.42. The first-order valence-corrected chi connectivity index (χ1v) is 7.41. The van der Waals surface area contributed by atoms with Gasteiger partial charge in [0, 0.05) is 19.0 Å². The molecular weight excluding hydrogens is 330 g/mol. The second-order valence-corrected chi connectivity index (χ2v) is 5.84. The molecule has 1 saturated carbocycles. The highest BCUT2D eigenvalue weighted by Crippen LogP contribution is 2.33. The third-order valence-corrected chi connectivity index (χ3v) is 4.40. The van der Waals surface area contributed by atoms with Crippen molar-refractivity contribution in [2.24, 2.45) is 11.8 Å². The maximum atomic E-state index is 12.5. The van der Waals surface area contributed by atoms with Crippen molar-refractivity contribution in [3.63, 3.8) is 0 Å². The van der Waals surface area contributed by atoms with Crippen molar-refractivity contribution >= 4 is 11.9 Å². The van der Waals surface area contributed by atoms with E-state index >= 15 is 0 Å². The van der Waals surface area contributed by atoms with Gasteiger partial charge in [-0.15, -0.1) is 20.2 Å². The van der Waals surface area contributed by atoms with Crippen LogP contribution in [-0.2, 0) is 19.3 Å². The van der Waals surface area contributed by atoms with Gasteiger partial charge in [0.15, 0.2) is 0 Å². The minimum absolute atomic E-state index is 0.0584. The SMILES string of the molecule is O=C(O)C1CCN(C(=O)C2CC(O[N+](=O)[O-])C(O[N+](=O)[O-])C2)CC1. The molecule has 2 rings (SSSR count). The minimum atomic E-state index is -1.18. The molecule has 0 aromatic rings. The number of carboxylic acid groups (broad SMARTS) is 1. The maximum absolute atomic E-state index is 12.5. The molecule has 24 heavy (non-hydrogen) atoms. The summed E-state index contributed by atoms with van der Waals surface area (Å²) in [5.74, 6) is -2.40. The number of amides is 1. The first-order chi connectivity index (χ1) is 11.3. The van der Waals surface area contributed by atoms with Gasteiger partial charge in [-0.05, 0) is 25.7 Å². The van der Waals surface area contributed by atoms with Crippen molar-refractivity contribution in [1.82, 2.24) is 4.90 Å². The number of hydrogen-bond acceptors (Lipinski definition) is 8. The Morgan fingerprint density at radius 3 is 1.79 bits per heavy atom. The summed E-state index contributed by atoms with van der Waals surface area (Å²) in [6.07, 6.45) is -1.82. The Labute approximate surface area is 135 Å². The quantitative estimate of drug-likeness (QED) is 0.509. The number of carbonyl (C=O) groups is 2. The number of likely N-dealkylation sites (tertiary alicyclic amines) is 1. The Balaban J connectivity index is 1.96. The monoisotopic (exact) mass is 347 g/mol. The zero-order chi connectivity index (χ0) is 17.9. The standard InChI is InChI=1S/C12H17N3O9/c16-11(13-3-1-7(2-4-13)12(17)18)8-5-9(23-14(19)20)10(6-8)24-15(21)22/h7-10H,1-6H2,(H,17,18). The molecule has 12 nitrogen and oxygen atoms in total. The Bertz CT molecular complexity index is 508. The van der Waals surface area contributed by atoms with E-state index < -0.39 is 40.2 Å². The van der Waals surface area contributed by atoms with Gasteiger partial charge in [0.2, 0.25) is 5.91 Å². The molecular formula is C12H17N3O9. The number of nitrogens with zero attached hydrogens (tertiary/aromatic N) is 3. The molecule has 2 unspecified atom stereocenters. The van der Waals surface area contributed by atoms with Crippen LogP contribution in [0.5, 0.6) is 0 Å². The molecule has 2 atom stereocenters. The number of rotatable bonds is 6. The van der Waals surface area contributed by atoms with E-state index in [0.29, 0.717) is 12.8 Å². The van der Waals surface area contributed by atoms with Crippen LogP contribution in [0.3, 0.4) is 0 Å². The second-order valence-electron chi connectivity index (χ2n) is 5.84. The third kappa shape index (κ3) is 4.20. The predicted molar refractivity (Wildman–Crippen MR) is 73.4 cm³/mol. The van der Waals surface area contributed by atoms with Crippen LogP contribution in [0.1, 0.15) is 25.7 Å². The van der Waals surface area contributed by atoms with Crippen molar-refractivity contribution in [3.8, 4) is 0 Å². The van der Waals surface area contributed by atoms with Gasteiger partial charge in [0.1, 0.15) is 12.2 Å². The molecule has 0 spiro atoms. The van der Waals surface area contributed by atoms with Crippen molar-refractivity contribution in [3.05, 3.63) is 20.2 Å². The van der Waals surface area contributed by atoms with Gasteiger partial charge in [0.05, 0.1) is 5.92 Å². The van der Waals surface area contributed by atoms with Gasteiger partial charge < -0.3 is 19.7 Å². The van der Waals surface area contributed by atoms with Crippen molar-refractivity contribution in [2.45, 2.75) is 37.9 Å². The van der Waals surface area contributed by atoms with Crippen molar-refractivity contribution < 1.29 is 34.5 Å². The van der Waals surface area contributed by atoms with Gasteiger partial charge in [-0.3, -0.25) is 9.59 Å². The van der Waals surface area contributed by atoms with Gasteiger partial charge >= 0.3 is 5.97 Å². The van der Waals surface area contributed by atoms with Crippen LogP contribution in [0.25, 0.3) is 0 Å². The lowest BCUT2D eigenvalue weighted by atomic mass is 9.95. The smallest absolute Gasteiger partial charge is 0.306 e. The molecule has 1 saturated heterocycles. The van der Waals surface area contributed by atoms with E-state index in [-0.39, 0.29) is 31.8 Å². The second kappa shape index (κ2) is 7.27. The molecule has 0 bridgehead atoms. The summed E-state index contributed by atoms with van der Waals surface area (Å²) in [5.41, 5.74) is 0. The van der Waals surface area contributed by atoms with E-state index in [9.17, 15) is 29.8 Å². The fourth-order valence-electron chi connectivity index (χ4n) is 3.21. The summed E-state index contributed by atoms with van der Waals surface area (Å²) in [5, 5.41) is 27.8. The molecule has 1 N–H and O–H groups in total. The molecule has 134 valence electrons. The van der Waals surface area contributed by atoms with Gasteiger partial charge in [0.25, 0.3) is 10.2 Å². The van der Waals surface area contributed by atoms with E-state index in [1.165, 1.54) is 4.90 Å². The molecule has 1 heterocycles. The Hall–Kier alpha value is -2.66. The minimum Gasteiger partial charge on any atom is -0.481 e. The third-order valence-electron chi connectivity index (χ3n) is 4.40.